The average Bonchev–Trinajstić information content (AvgIpc) is 2.13. The van der Waals surface area contributed by atoms with Crippen LogP contribution in [0.5, 0.6) is 0 Å². The first-order valence-electron chi connectivity index (χ1n) is 4.27. The minimum atomic E-state index is -0.292. The van der Waals surface area contributed by atoms with Gasteiger partial charge in [0, 0.05) is 19.3 Å². The molecule has 0 radical (unpaired) electrons. The van der Waals surface area contributed by atoms with Crippen LogP contribution >= 0.6 is 0 Å². The van der Waals surface area contributed by atoms with E-state index in [0.29, 0.717) is 24.7 Å². The minimum absolute atomic E-state index is 0.0743. The highest BCUT2D eigenvalue weighted by Gasteiger charge is 2.26. The van der Waals surface area contributed by atoms with E-state index in [4.69, 9.17) is 16.2 Å². The molecular weight excluding hydrogens is 182 g/mol. The molecule has 1 fully saturated rings. The Balaban J connectivity index is 2.18. The highest BCUT2D eigenvalue weighted by Crippen LogP contribution is 2.15. The summed E-state index contributed by atoms with van der Waals surface area (Å²) in [6, 6.07) is 1.59. The molecule has 1 aliphatic heterocycles. The average molecular weight is 193 g/mol. The van der Waals surface area contributed by atoms with Crippen LogP contribution in [0.25, 0.3) is 0 Å². The van der Waals surface area contributed by atoms with Gasteiger partial charge in [-0.25, -0.2) is 9.97 Å². The lowest BCUT2D eigenvalue weighted by Crippen LogP contribution is -2.51. The highest BCUT2D eigenvalue weighted by atomic mass is 16.3. The molecule has 0 bridgehead atoms. The first-order chi connectivity index (χ1) is 6.66. The number of hydrogen-bond donors (Lipinski definition) is 3. The molecule has 6 nitrogen and oxygen atoms in total. The van der Waals surface area contributed by atoms with Crippen molar-refractivity contribution in [1.82, 2.24) is 9.97 Å². The summed E-state index contributed by atoms with van der Waals surface area (Å²) in [6.07, 6.45) is 1.27. The molecule has 6 heteroatoms. The molecule has 0 atom stereocenters. The maximum atomic E-state index is 9.09. The third kappa shape index (κ3) is 1.51. The van der Waals surface area contributed by atoms with Gasteiger partial charge in [0.1, 0.15) is 11.5 Å². The van der Waals surface area contributed by atoms with Gasteiger partial charge in [-0.15, -0.1) is 0 Å². The molecule has 1 saturated heterocycles. The zero-order valence-electron chi connectivity index (χ0n) is 7.51. The van der Waals surface area contributed by atoms with E-state index < -0.39 is 0 Å². The van der Waals surface area contributed by atoms with Crippen molar-refractivity contribution >= 4 is 11.8 Å². The number of aliphatic hydroxyl groups is 1. The van der Waals surface area contributed by atoms with Gasteiger partial charge in [0.15, 0.2) is 0 Å². The fraction of sp³-hybridized carbons (Fsp3) is 0.375. The number of nitrogens with zero attached hydrogens (tertiary/aromatic N) is 3. The molecule has 1 aromatic rings. The van der Waals surface area contributed by atoms with Gasteiger partial charge < -0.3 is 15.7 Å². The molecule has 0 unspecified atom stereocenters. The van der Waals surface area contributed by atoms with Crippen molar-refractivity contribution in [2.24, 2.45) is 5.73 Å². The van der Waals surface area contributed by atoms with Crippen molar-refractivity contribution in [3.05, 3.63) is 18.0 Å². The number of nitrogens with one attached hydrogen (secondary N) is 1. The van der Waals surface area contributed by atoms with Crippen LogP contribution in [-0.4, -0.2) is 40.1 Å². The number of hydrogen-bond acceptors (Lipinski definition) is 5. The molecule has 4 N–H and O–H groups in total. The smallest absolute Gasteiger partial charge is 0.226 e. The fourth-order valence-electron chi connectivity index (χ4n) is 1.27. The summed E-state index contributed by atoms with van der Waals surface area (Å²) in [5, 5.41) is 16.3. The Labute approximate surface area is 80.9 Å². The predicted octanol–water partition coefficient (Wildman–Crippen LogP) is -1.06. The standard InChI is InChI=1S/C8H11N5O/c9-7(10)6-1-2-11-8(12-6)13-3-5(14)4-13/h1-2,5,14H,3-4H2,(H3,9,10). The van der Waals surface area contributed by atoms with E-state index in [1.165, 1.54) is 0 Å². The van der Waals surface area contributed by atoms with Gasteiger partial charge in [0.05, 0.1) is 6.10 Å². The highest BCUT2D eigenvalue weighted by molar-refractivity contribution is 5.93. The van der Waals surface area contributed by atoms with Crippen LogP contribution in [-0.2, 0) is 0 Å². The van der Waals surface area contributed by atoms with Crippen molar-refractivity contribution in [3.8, 4) is 0 Å². The zero-order valence-corrected chi connectivity index (χ0v) is 7.51. The summed E-state index contributed by atoms with van der Waals surface area (Å²) in [7, 11) is 0. The first-order valence-corrected chi connectivity index (χ1v) is 4.27. The van der Waals surface area contributed by atoms with E-state index in [-0.39, 0.29) is 11.9 Å². The SMILES string of the molecule is N=C(N)c1ccnc(N2CC(O)C2)n1. The number of amidine groups is 1. The Morgan fingerprint density at radius 3 is 2.93 bits per heavy atom. The van der Waals surface area contributed by atoms with E-state index in [0.717, 1.165) is 0 Å². The van der Waals surface area contributed by atoms with Crippen molar-refractivity contribution < 1.29 is 5.11 Å². The molecule has 14 heavy (non-hydrogen) atoms. The van der Waals surface area contributed by atoms with E-state index in [9.17, 15) is 0 Å². The normalized spacial score (nSPS) is 16.5. The van der Waals surface area contributed by atoms with Crippen LogP contribution in [0, 0.1) is 5.41 Å². The van der Waals surface area contributed by atoms with Gasteiger partial charge in [0.2, 0.25) is 5.95 Å². The molecule has 2 heterocycles. The Hall–Kier alpha value is -1.69. The van der Waals surface area contributed by atoms with Gasteiger partial charge in [-0.1, -0.05) is 0 Å². The lowest BCUT2D eigenvalue weighted by molar-refractivity contribution is 0.140. The van der Waals surface area contributed by atoms with Crippen LogP contribution in [0.1, 0.15) is 5.69 Å². The molecule has 74 valence electrons. The fourth-order valence-corrected chi connectivity index (χ4v) is 1.27. The van der Waals surface area contributed by atoms with Crippen molar-refractivity contribution in [2.45, 2.75) is 6.10 Å². The van der Waals surface area contributed by atoms with E-state index >= 15 is 0 Å². The molecule has 0 saturated carbocycles. The van der Waals surface area contributed by atoms with Gasteiger partial charge in [-0.3, -0.25) is 5.41 Å². The maximum absolute atomic E-state index is 9.09. The number of anilines is 1. The largest absolute Gasteiger partial charge is 0.389 e. The molecular formula is C8H11N5O. The summed E-state index contributed by atoms with van der Waals surface area (Å²) >= 11 is 0. The molecule has 1 aromatic heterocycles. The van der Waals surface area contributed by atoms with Crippen LogP contribution in [0.15, 0.2) is 12.3 Å². The Morgan fingerprint density at radius 1 is 1.64 bits per heavy atom. The topological polar surface area (TPSA) is 99.1 Å². The first kappa shape index (κ1) is 8.89. The monoisotopic (exact) mass is 193 g/mol. The lowest BCUT2D eigenvalue weighted by atomic mass is 10.2. The Morgan fingerprint density at radius 2 is 2.36 bits per heavy atom. The second-order valence-corrected chi connectivity index (χ2v) is 3.21. The van der Waals surface area contributed by atoms with Crippen molar-refractivity contribution in [3.63, 3.8) is 0 Å². The van der Waals surface area contributed by atoms with Crippen molar-refractivity contribution in [2.75, 3.05) is 18.0 Å². The minimum Gasteiger partial charge on any atom is -0.389 e. The summed E-state index contributed by atoms with van der Waals surface area (Å²) < 4.78 is 0. The molecule has 0 spiro atoms. The van der Waals surface area contributed by atoms with Crippen LogP contribution in [0.4, 0.5) is 5.95 Å². The molecule has 1 aliphatic rings. The van der Waals surface area contributed by atoms with Crippen molar-refractivity contribution in [1.29, 1.82) is 5.41 Å². The van der Waals surface area contributed by atoms with Crippen LogP contribution in [0.2, 0.25) is 0 Å². The molecule has 0 aliphatic carbocycles. The van der Waals surface area contributed by atoms with Crippen LogP contribution in [0.3, 0.4) is 0 Å². The zero-order chi connectivity index (χ0) is 10.1. The van der Waals surface area contributed by atoms with Gasteiger partial charge in [0.25, 0.3) is 0 Å². The number of nitrogen functional groups attached to an aromatic ring is 1. The van der Waals surface area contributed by atoms with E-state index in [1.807, 2.05) is 4.90 Å². The summed E-state index contributed by atoms with van der Waals surface area (Å²) in [5.74, 6) is 0.442. The molecule has 0 amide bonds. The number of aromatic nitrogens is 2. The third-order valence-corrected chi connectivity index (χ3v) is 2.06. The predicted molar refractivity (Wildman–Crippen MR) is 51.3 cm³/mol. The molecule has 0 aromatic carbocycles. The number of nitrogens with two attached hydrogens (primary N) is 1. The Bertz CT molecular complexity index is 361. The summed E-state index contributed by atoms with van der Waals surface area (Å²) in [5.41, 5.74) is 5.71. The number of rotatable bonds is 2. The Kier molecular flexibility index (Phi) is 2.05. The summed E-state index contributed by atoms with van der Waals surface area (Å²) in [6.45, 7) is 1.09. The van der Waals surface area contributed by atoms with E-state index in [1.54, 1.807) is 12.3 Å². The quantitative estimate of drug-likeness (QED) is 0.411. The number of aliphatic hydroxyl groups excluding tert-OH is 1. The van der Waals surface area contributed by atoms with E-state index in [2.05, 4.69) is 9.97 Å². The molecule has 2 rings (SSSR count). The lowest BCUT2D eigenvalue weighted by Gasteiger charge is -2.35. The van der Waals surface area contributed by atoms with Gasteiger partial charge in [-0.2, -0.15) is 0 Å². The maximum Gasteiger partial charge on any atom is 0.226 e. The second kappa shape index (κ2) is 3.22. The number of β-amino-alcohol motifs (C(OH)–C–C–N with tert-alkyl or cyclic N) is 1. The van der Waals surface area contributed by atoms with Gasteiger partial charge >= 0.3 is 0 Å². The van der Waals surface area contributed by atoms with Crippen LogP contribution < -0.4 is 10.6 Å². The van der Waals surface area contributed by atoms with Gasteiger partial charge in [-0.05, 0) is 6.07 Å². The summed E-state index contributed by atoms with van der Waals surface area (Å²) in [4.78, 5) is 9.94. The third-order valence-electron chi connectivity index (χ3n) is 2.06. The second-order valence-electron chi connectivity index (χ2n) is 3.21.